The number of primary amides is 1. The molecule has 1 atom stereocenters. The number of amides is 2. The van der Waals surface area contributed by atoms with Crippen molar-refractivity contribution < 1.29 is 9.59 Å². The second kappa shape index (κ2) is 8.05. The molecule has 5 heteroatoms. The van der Waals surface area contributed by atoms with Gasteiger partial charge in [-0.3, -0.25) is 9.59 Å². The summed E-state index contributed by atoms with van der Waals surface area (Å²) in [6.45, 7) is 0. The summed E-state index contributed by atoms with van der Waals surface area (Å²) in [5, 5.41) is 6.49. The van der Waals surface area contributed by atoms with Gasteiger partial charge in [-0.2, -0.15) is 0 Å². The van der Waals surface area contributed by atoms with Crippen LogP contribution < -0.4 is 11.1 Å². The molecule has 4 nitrogen and oxygen atoms in total. The molecule has 0 aromatic heterocycles. The van der Waals surface area contributed by atoms with Crippen LogP contribution in [0.25, 0.3) is 21.5 Å². The quantitative estimate of drug-likeness (QED) is 0.440. The lowest BCUT2D eigenvalue weighted by molar-refractivity contribution is -0.119. The standard InChI is InChI=1S/C24H19BrN2O2/c25-18-11-9-15(10-12-18)13-21(23(26)28)27-24(29)22-19-7-3-1-5-16(19)14-17-6-2-4-8-20(17)22/h1-12,14,21H,13H2,(H2,26,28)(H,27,29)/t21-/m1/s1. The van der Waals surface area contributed by atoms with Crippen LogP contribution in [0.4, 0.5) is 0 Å². The van der Waals surface area contributed by atoms with Crippen molar-refractivity contribution in [2.45, 2.75) is 12.5 Å². The maximum Gasteiger partial charge on any atom is 0.253 e. The monoisotopic (exact) mass is 446 g/mol. The summed E-state index contributed by atoms with van der Waals surface area (Å²) in [6, 6.07) is 24.4. The molecule has 0 aliphatic rings. The van der Waals surface area contributed by atoms with Gasteiger partial charge in [0.2, 0.25) is 5.91 Å². The minimum Gasteiger partial charge on any atom is -0.368 e. The molecule has 0 unspecified atom stereocenters. The summed E-state index contributed by atoms with van der Waals surface area (Å²) >= 11 is 3.40. The van der Waals surface area contributed by atoms with Crippen LogP contribution in [0.5, 0.6) is 0 Å². The summed E-state index contributed by atoms with van der Waals surface area (Å²) in [7, 11) is 0. The summed E-state index contributed by atoms with van der Waals surface area (Å²) in [4.78, 5) is 25.4. The third-order valence-corrected chi connectivity index (χ3v) is 5.53. The van der Waals surface area contributed by atoms with Gasteiger partial charge in [-0.05, 0) is 45.3 Å². The van der Waals surface area contributed by atoms with Crippen molar-refractivity contribution in [3.8, 4) is 0 Å². The van der Waals surface area contributed by atoms with Gasteiger partial charge in [-0.1, -0.05) is 76.6 Å². The smallest absolute Gasteiger partial charge is 0.253 e. The molecule has 0 heterocycles. The van der Waals surface area contributed by atoms with Crippen molar-refractivity contribution in [2.75, 3.05) is 0 Å². The fourth-order valence-corrected chi connectivity index (χ4v) is 3.83. The Labute approximate surface area is 176 Å². The Morgan fingerprint density at radius 3 is 1.97 bits per heavy atom. The van der Waals surface area contributed by atoms with E-state index in [1.807, 2.05) is 72.8 Å². The van der Waals surface area contributed by atoms with Crippen molar-refractivity contribution in [2.24, 2.45) is 5.73 Å². The summed E-state index contributed by atoms with van der Waals surface area (Å²) in [5.41, 5.74) is 7.08. The van der Waals surface area contributed by atoms with Crippen molar-refractivity contribution >= 4 is 49.3 Å². The van der Waals surface area contributed by atoms with E-state index < -0.39 is 11.9 Å². The second-order valence-electron chi connectivity index (χ2n) is 6.95. The predicted octanol–water partition coefficient (Wildman–Crippen LogP) is 4.58. The topological polar surface area (TPSA) is 72.2 Å². The summed E-state index contributed by atoms with van der Waals surface area (Å²) in [5.74, 6) is -0.871. The third-order valence-electron chi connectivity index (χ3n) is 5.00. The molecule has 0 spiro atoms. The highest BCUT2D eigenvalue weighted by Crippen LogP contribution is 2.28. The van der Waals surface area contributed by atoms with E-state index in [0.717, 1.165) is 31.6 Å². The molecule has 144 valence electrons. The van der Waals surface area contributed by atoms with Gasteiger partial charge in [-0.25, -0.2) is 0 Å². The Kier molecular flexibility index (Phi) is 5.32. The number of carbonyl (C=O) groups is 2. The number of hydrogen-bond donors (Lipinski definition) is 2. The highest BCUT2D eigenvalue weighted by Gasteiger charge is 2.22. The number of rotatable bonds is 5. The minimum atomic E-state index is -0.804. The molecule has 0 aliphatic carbocycles. The Bertz CT molecular complexity index is 1160. The van der Waals surface area contributed by atoms with Crippen LogP contribution in [0.15, 0.2) is 83.3 Å². The number of fused-ring (bicyclic) bond motifs is 2. The fraction of sp³-hybridized carbons (Fsp3) is 0.0833. The molecule has 0 saturated heterocycles. The average Bonchev–Trinajstić information content (AvgIpc) is 2.72. The van der Waals surface area contributed by atoms with Gasteiger partial charge in [-0.15, -0.1) is 0 Å². The van der Waals surface area contributed by atoms with E-state index >= 15 is 0 Å². The van der Waals surface area contributed by atoms with E-state index in [9.17, 15) is 9.59 Å². The molecule has 0 aliphatic heterocycles. The van der Waals surface area contributed by atoms with Gasteiger partial charge in [0, 0.05) is 10.9 Å². The Hall–Kier alpha value is -3.18. The lowest BCUT2D eigenvalue weighted by Gasteiger charge is -2.18. The maximum absolute atomic E-state index is 13.3. The SMILES string of the molecule is NC(=O)[C@@H](Cc1ccc(Br)cc1)NC(=O)c1c2ccccc2cc2ccccc12. The number of halogens is 1. The van der Waals surface area contributed by atoms with Crippen LogP contribution in [0, 0.1) is 0 Å². The predicted molar refractivity (Wildman–Crippen MR) is 120 cm³/mol. The van der Waals surface area contributed by atoms with Crippen LogP contribution in [0.1, 0.15) is 15.9 Å². The lowest BCUT2D eigenvalue weighted by atomic mass is 9.95. The van der Waals surface area contributed by atoms with Gasteiger partial charge in [0.1, 0.15) is 6.04 Å². The molecule has 4 rings (SSSR count). The fourth-order valence-electron chi connectivity index (χ4n) is 3.57. The molecule has 2 amide bonds. The molecular weight excluding hydrogens is 428 g/mol. The van der Waals surface area contributed by atoms with Gasteiger partial charge < -0.3 is 11.1 Å². The average molecular weight is 447 g/mol. The zero-order valence-corrected chi connectivity index (χ0v) is 17.1. The molecule has 0 saturated carbocycles. The van der Waals surface area contributed by atoms with E-state index in [2.05, 4.69) is 27.3 Å². The van der Waals surface area contributed by atoms with Crippen LogP contribution in [0.2, 0.25) is 0 Å². The summed E-state index contributed by atoms with van der Waals surface area (Å²) < 4.78 is 0.947. The number of carbonyl (C=O) groups excluding carboxylic acids is 2. The second-order valence-corrected chi connectivity index (χ2v) is 7.87. The molecule has 4 aromatic rings. The molecule has 0 radical (unpaired) electrons. The number of nitrogens with one attached hydrogen (secondary N) is 1. The first-order valence-electron chi connectivity index (χ1n) is 9.28. The van der Waals surface area contributed by atoms with E-state index in [4.69, 9.17) is 5.73 Å². The molecule has 29 heavy (non-hydrogen) atoms. The van der Waals surface area contributed by atoms with Crippen molar-refractivity contribution in [1.82, 2.24) is 5.32 Å². The number of nitrogens with two attached hydrogens (primary N) is 1. The van der Waals surface area contributed by atoms with Crippen LogP contribution in [-0.4, -0.2) is 17.9 Å². The van der Waals surface area contributed by atoms with Crippen molar-refractivity contribution in [3.05, 3.63) is 94.5 Å². The van der Waals surface area contributed by atoms with Gasteiger partial charge in [0.05, 0.1) is 5.56 Å². The molecule has 3 N–H and O–H groups in total. The van der Waals surface area contributed by atoms with Crippen LogP contribution >= 0.6 is 15.9 Å². The van der Waals surface area contributed by atoms with E-state index in [0.29, 0.717) is 12.0 Å². The normalized spacial score (nSPS) is 12.0. The zero-order chi connectivity index (χ0) is 20.4. The van der Waals surface area contributed by atoms with Crippen molar-refractivity contribution in [1.29, 1.82) is 0 Å². The molecule has 4 aromatic carbocycles. The zero-order valence-electron chi connectivity index (χ0n) is 15.6. The Balaban J connectivity index is 1.73. The highest BCUT2D eigenvalue weighted by molar-refractivity contribution is 9.10. The number of benzene rings is 4. The van der Waals surface area contributed by atoms with Crippen LogP contribution in [0.3, 0.4) is 0 Å². The molecule has 0 fully saturated rings. The van der Waals surface area contributed by atoms with Crippen molar-refractivity contribution in [3.63, 3.8) is 0 Å². The molecular formula is C24H19BrN2O2. The Morgan fingerprint density at radius 1 is 0.862 bits per heavy atom. The van der Waals surface area contributed by atoms with Crippen LogP contribution in [-0.2, 0) is 11.2 Å². The first kappa shape index (κ1) is 19.2. The van der Waals surface area contributed by atoms with E-state index in [-0.39, 0.29) is 5.91 Å². The van der Waals surface area contributed by atoms with Gasteiger partial charge in [0.15, 0.2) is 0 Å². The maximum atomic E-state index is 13.3. The molecule has 0 bridgehead atoms. The minimum absolute atomic E-state index is 0.307. The first-order chi connectivity index (χ1) is 14.0. The van der Waals surface area contributed by atoms with E-state index in [1.54, 1.807) is 0 Å². The number of hydrogen-bond acceptors (Lipinski definition) is 2. The largest absolute Gasteiger partial charge is 0.368 e. The first-order valence-corrected chi connectivity index (χ1v) is 10.1. The van der Waals surface area contributed by atoms with Gasteiger partial charge in [0.25, 0.3) is 5.91 Å². The highest BCUT2D eigenvalue weighted by atomic mass is 79.9. The van der Waals surface area contributed by atoms with Gasteiger partial charge >= 0.3 is 0 Å². The Morgan fingerprint density at radius 2 is 1.41 bits per heavy atom. The van der Waals surface area contributed by atoms with E-state index in [1.165, 1.54) is 0 Å². The third kappa shape index (κ3) is 4.00. The summed E-state index contributed by atoms with van der Waals surface area (Å²) in [6.07, 6.45) is 0.330. The lowest BCUT2D eigenvalue weighted by Crippen LogP contribution is -2.46.